The van der Waals surface area contributed by atoms with Crippen LogP contribution in [0.5, 0.6) is 0 Å². The number of carbonyl (C=O) groups excluding carboxylic acids is 1. The SMILES string of the molecule is C[C@]12CCC(=O)C=C1CCC1C3CC[C@]4(CCCO)OC[C@]34CCC12. The van der Waals surface area contributed by atoms with Gasteiger partial charge in [0.25, 0.3) is 0 Å². The van der Waals surface area contributed by atoms with Crippen LogP contribution in [0.15, 0.2) is 11.6 Å². The molecule has 3 saturated carbocycles. The van der Waals surface area contributed by atoms with Crippen LogP contribution in [0.1, 0.15) is 71.1 Å². The molecule has 0 bridgehead atoms. The van der Waals surface area contributed by atoms with Crippen molar-refractivity contribution < 1.29 is 14.6 Å². The quantitative estimate of drug-likeness (QED) is 0.840. The summed E-state index contributed by atoms with van der Waals surface area (Å²) in [5.41, 5.74) is 2.24. The van der Waals surface area contributed by atoms with Crippen molar-refractivity contribution in [2.45, 2.75) is 76.7 Å². The standard InChI is InChI=1S/C22H32O3/c1-20-9-5-16(24)13-15(20)3-4-17-18(20)6-10-21-14-25-22(21,8-2-12-23)11-7-19(17)21/h13,17-19,23H,2-12,14H2,1H3/t17?,18?,19?,20-,21+,22-/m0/s1. The number of allylic oxidation sites excluding steroid dienone is 1. The molecule has 3 nitrogen and oxygen atoms in total. The lowest BCUT2D eigenvalue weighted by Crippen LogP contribution is -2.66. The van der Waals surface area contributed by atoms with Gasteiger partial charge in [0.2, 0.25) is 0 Å². The van der Waals surface area contributed by atoms with Gasteiger partial charge in [-0.2, -0.15) is 0 Å². The summed E-state index contributed by atoms with van der Waals surface area (Å²) in [4.78, 5) is 11.9. The maximum absolute atomic E-state index is 11.9. The molecule has 1 aliphatic heterocycles. The van der Waals surface area contributed by atoms with E-state index in [0.717, 1.165) is 56.5 Å². The number of ether oxygens (including phenoxy) is 1. The highest BCUT2D eigenvalue weighted by molar-refractivity contribution is 5.91. The Kier molecular flexibility index (Phi) is 3.58. The molecule has 138 valence electrons. The Morgan fingerprint density at radius 2 is 2.00 bits per heavy atom. The first kappa shape index (κ1) is 16.5. The van der Waals surface area contributed by atoms with Crippen molar-refractivity contribution >= 4 is 5.78 Å². The van der Waals surface area contributed by atoms with E-state index in [1.54, 1.807) is 0 Å². The summed E-state index contributed by atoms with van der Waals surface area (Å²) in [5.74, 6) is 2.76. The number of hydrogen-bond donors (Lipinski definition) is 1. The molecule has 6 atom stereocenters. The number of aliphatic hydroxyl groups is 1. The first-order valence-corrected chi connectivity index (χ1v) is 10.5. The zero-order chi connectivity index (χ0) is 17.3. The topological polar surface area (TPSA) is 46.5 Å². The number of hydrogen-bond acceptors (Lipinski definition) is 3. The molecule has 0 aromatic heterocycles. The molecular formula is C22H32O3. The third kappa shape index (κ3) is 1.97. The lowest BCUT2D eigenvalue weighted by molar-refractivity contribution is -0.291. The van der Waals surface area contributed by atoms with Gasteiger partial charge in [-0.05, 0) is 87.0 Å². The fraction of sp³-hybridized carbons (Fsp3) is 0.864. The van der Waals surface area contributed by atoms with Crippen molar-refractivity contribution in [3.05, 3.63) is 11.6 Å². The van der Waals surface area contributed by atoms with Crippen LogP contribution in [0.4, 0.5) is 0 Å². The van der Waals surface area contributed by atoms with E-state index >= 15 is 0 Å². The molecule has 25 heavy (non-hydrogen) atoms. The van der Waals surface area contributed by atoms with Gasteiger partial charge in [-0.15, -0.1) is 0 Å². The van der Waals surface area contributed by atoms with Gasteiger partial charge in [0, 0.05) is 18.4 Å². The van der Waals surface area contributed by atoms with Gasteiger partial charge in [0.15, 0.2) is 5.78 Å². The van der Waals surface area contributed by atoms with Gasteiger partial charge in [0.05, 0.1) is 12.2 Å². The minimum atomic E-state index is 0.0882. The molecule has 1 N–H and O–H groups in total. The summed E-state index contributed by atoms with van der Waals surface area (Å²) in [6.45, 7) is 3.72. The summed E-state index contributed by atoms with van der Waals surface area (Å²) in [7, 11) is 0. The number of ketones is 1. The lowest BCUT2D eigenvalue weighted by atomic mass is 9.45. The van der Waals surface area contributed by atoms with Crippen LogP contribution in [0, 0.1) is 28.6 Å². The third-order valence-corrected chi connectivity index (χ3v) is 9.28. The fourth-order valence-corrected chi connectivity index (χ4v) is 7.99. The van der Waals surface area contributed by atoms with Crippen LogP contribution in [0.3, 0.4) is 0 Å². The van der Waals surface area contributed by atoms with Gasteiger partial charge in [-0.3, -0.25) is 4.79 Å². The van der Waals surface area contributed by atoms with E-state index in [1.165, 1.54) is 37.7 Å². The van der Waals surface area contributed by atoms with E-state index in [-0.39, 0.29) is 17.6 Å². The second-order valence-electron chi connectivity index (χ2n) is 9.81. The predicted molar refractivity (Wildman–Crippen MR) is 96.0 cm³/mol. The lowest BCUT2D eigenvalue weighted by Gasteiger charge is -2.65. The monoisotopic (exact) mass is 344 g/mol. The highest BCUT2D eigenvalue weighted by Crippen LogP contribution is 2.72. The zero-order valence-electron chi connectivity index (χ0n) is 15.6. The summed E-state index contributed by atoms with van der Waals surface area (Å²) >= 11 is 0. The Morgan fingerprint density at radius 1 is 1.16 bits per heavy atom. The molecule has 1 heterocycles. The molecule has 5 aliphatic rings. The number of aliphatic hydroxyl groups excluding tert-OH is 1. The first-order chi connectivity index (χ1) is 12.0. The normalized spacial score (nSPS) is 50.9. The van der Waals surface area contributed by atoms with Crippen molar-refractivity contribution in [2.24, 2.45) is 28.6 Å². The summed E-state index contributed by atoms with van der Waals surface area (Å²) in [6, 6.07) is 0. The molecule has 0 radical (unpaired) electrons. The van der Waals surface area contributed by atoms with Crippen LogP contribution in [-0.2, 0) is 9.53 Å². The van der Waals surface area contributed by atoms with Crippen LogP contribution in [0.25, 0.3) is 0 Å². The molecule has 0 amide bonds. The van der Waals surface area contributed by atoms with E-state index < -0.39 is 0 Å². The van der Waals surface area contributed by atoms with Gasteiger partial charge in [-0.25, -0.2) is 0 Å². The van der Waals surface area contributed by atoms with Gasteiger partial charge < -0.3 is 9.84 Å². The van der Waals surface area contributed by atoms with Crippen LogP contribution in [-0.4, -0.2) is 29.7 Å². The Balaban J connectivity index is 1.45. The Morgan fingerprint density at radius 3 is 2.76 bits per heavy atom. The first-order valence-electron chi connectivity index (χ1n) is 10.5. The van der Waals surface area contributed by atoms with E-state index in [0.29, 0.717) is 11.2 Å². The molecule has 4 aliphatic carbocycles. The Bertz CT molecular complexity index is 625. The Labute approximate surface area is 151 Å². The predicted octanol–water partition coefficient (Wildman–Crippen LogP) is 4.04. The fourth-order valence-electron chi connectivity index (χ4n) is 7.99. The van der Waals surface area contributed by atoms with E-state index in [1.807, 2.05) is 6.08 Å². The van der Waals surface area contributed by atoms with Crippen LogP contribution >= 0.6 is 0 Å². The molecule has 1 saturated heterocycles. The highest BCUT2D eigenvalue weighted by atomic mass is 16.5. The third-order valence-electron chi connectivity index (χ3n) is 9.28. The van der Waals surface area contributed by atoms with Crippen molar-refractivity contribution in [2.75, 3.05) is 13.2 Å². The molecule has 3 heteroatoms. The highest BCUT2D eigenvalue weighted by Gasteiger charge is 2.71. The molecular weight excluding hydrogens is 312 g/mol. The van der Waals surface area contributed by atoms with Gasteiger partial charge in [-0.1, -0.05) is 12.5 Å². The number of carbonyl (C=O) groups is 1. The summed E-state index contributed by atoms with van der Waals surface area (Å²) in [5, 5.41) is 9.33. The molecule has 0 aromatic carbocycles. The largest absolute Gasteiger partial charge is 0.396 e. The van der Waals surface area contributed by atoms with Crippen molar-refractivity contribution in [1.82, 2.24) is 0 Å². The van der Waals surface area contributed by atoms with Crippen molar-refractivity contribution in [3.8, 4) is 0 Å². The average molecular weight is 344 g/mol. The molecule has 4 fully saturated rings. The summed E-state index contributed by atoms with van der Waals surface area (Å²) in [6.07, 6.45) is 13.3. The minimum Gasteiger partial charge on any atom is -0.396 e. The van der Waals surface area contributed by atoms with Crippen LogP contribution in [0.2, 0.25) is 0 Å². The maximum atomic E-state index is 11.9. The molecule has 3 unspecified atom stereocenters. The summed E-state index contributed by atoms with van der Waals surface area (Å²) < 4.78 is 6.26. The smallest absolute Gasteiger partial charge is 0.155 e. The van der Waals surface area contributed by atoms with Gasteiger partial charge >= 0.3 is 0 Å². The minimum absolute atomic E-state index is 0.0882. The second kappa shape index (κ2) is 5.42. The van der Waals surface area contributed by atoms with Crippen LogP contribution < -0.4 is 0 Å². The van der Waals surface area contributed by atoms with E-state index in [2.05, 4.69) is 6.92 Å². The molecule has 0 aromatic rings. The maximum Gasteiger partial charge on any atom is 0.155 e. The number of rotatable bonds is 3. The number of fused-ring (bicyclic) bond motifs is 4. The molecule has 5 rings (SSSR count). The second-order valence-corrected chi connectivity index (χ2v) is 9.81. The van der Waals surface area contributed by atoms with Crippen molar-refractivity contribution in [3.63, 3.8) is 0 Å². The van der Waals surface area contributed by atoms with Crippen molar-refractivity contribution in [1.29, 1.82) is 0 Å². The zero-order valence-corrected chi connectivity index (χ0v) is 15.6. The van der Waals surface area contributed by atoms with Gasteiger partial charge in [0.1, 0.15) is 0 Å². The van der Waals surface area contributed by atoms with E-state index in [9.17, 15) is 9.90 Å². The Hall–Kier alpha value is -0.670. The average Bonchev–Trinajstić information content (AvgIpc) is 2.82. The van der Waals surface area contributed by atoms with E-state index in [4.69, 9.17) is 4.74 Å². The molecule has 1 spiro atoms.